The first-order chi connectivity index (χ1) is 7.88. The van der Waals surface area contributed by atoms with Crippen LogP contribution in [0.15, 0.2) is 0 Å². The van der Waals surface area contributed by atoms with Gasteiger partial charge in [-0.1, -0.05) is 6.42 Å². The third-order valence-electron chi connectivity index (χ3n) is 3.43. The minimum Gasteiger partial charge on any atom is -0.350 e. The number of likely N-dealkylation sites (tertiary alicyclic amines) is 1. The lowest BCUT2D eigenvalue weighted by molar-refractivity contribution is -0.0672. The Kier molecular flexibility index (Phi) is 5.03. The molecule has 0 radical (unpaired) electrons. The minimum absolute atomic E-state index is 0.0125. The smallest absolute Gasteiger partial charge is 0.159 e. The van der Waals surface area contributed by atoms with Crippen molar-refractivity contribution in [3.63, 3.8) is 0 Å². The summed E-state index contributed by atoms with van der Waals surface area (Å²) in [6.07, 6.45) is 6.26. The Labute approximate surface area is 98.1 Å². The molecule has 2 aliphatic heterocycles. The number of ether oxygens (including phenoxy) is 2. The van der Waals surface area contributed by atoms with Crippen molar-refractivity contribution in [2.75, 3.05) is 32.8 Å². The van der Waals surface area contributed by atoms with Crippen LogP contribution in [0, 0.1) is 0 Å². The Morgan fingerprint density at radius 3 is 2.69 bits per heavy atom. The molecule has 2 rings (SSSR count). The molecule has 2 N–H and O–H groups in total. The number of nitrogens with two attached hydrogens (primary N) is 1. The van der Waals surface area contributed by atoms with Crippen LogP contribution in [-0.4, -0.2) is 50.1 Å². The summed E-state index contributed by atoms with van der Waals surface area (Å²) in [5.41, 5.74) is 5.50. The maximum atomic E-state index is 5.76. The summed E-state index contributed by atoms with van der Waals surface area (Å²) in [6.45, 7) is 5.02. The summed E-state index contributed by atoms with van der Waals surface area (Å²) >= 11 is 0. The third-order valence-corrected chi connectivity index (χ3v) is 3.43. The molecule has 2 heterocycles. The van der Waals surface area contributed by atoms with Crippen LogP contribution in [0.25, 0.3) is 0 Å². The Bertz CT molecular complexity index is 195. The SMILES string of the molecule is NCCC1COC(CCN2CCCCC2)O1. The Morgan fingerprint density at radius 2 is 1.94 bits per heavy atom. The fourth-order valence-corrected chi connectivity index (χ4v) is 2.47. The largest absolute Gasteiger partial charge is 0.350 e. The molecule has 2 aliphatic rings. The zero-order chi connectivity index (χ0) is 11.2. The number of nitrogens with zero attached hydrogens (tertiary/aromatic N) is 1. The van der Waals surface area contributed by atoms with E-state index in [-0.39, 0.29) is 12.4 Å². The van der Waals surface area contributed by atoms with Crippen LogP contribution in [0.3, 0.4) is 0 Å². The lowest BCUT2D eigenvalue weighted by atomic mass is 10.1. The zero-order valence-electron chi connectivity index (χ0n) is 10.1. The van der Waals surface area contributed by atoms with Gasteiger partial charge in [0.05, 0.1) is 12.7 Å². The van der Waals surface area contributed by atoms with E-state index in [1.54, 1.807) is 0 Å². The number of rotatable bonds is 5. The molecule has 2 saturated heterocycles. The summed E-state index contributed by atoms with van der Waals surface area (Å²) in [7, 11) is 0. The van der Waals surface area contributed by atoms with Gasteiger partial charge in [0.15, 0.2) is 6.29 Å². The van der Waals surface area contributed by atoms with E-state index >= 15 is 0 Å². The standard InChI is InChI=1S/C12H24N2O2/c13-6-4-11-10-15-12(16-11)5-9-14-7-2-1-3-8-14/h11-12H,1-10,13H2. The van der Waals surface area contributed by atoms with Crippen molar-refractivity contribution in [2.45, 2.75) is 44.5 Å². The molecule has 0 saturated carbocycles. The summed E-state index contributed by atoms with van der Waals surface area (Å²) in [5.74, 6) is 0. The normalized spacial score (nSPS) is 32.1. The van der Waals surface area contributed by atoms with Crippen molar-refractivity contribution in [3.05, 3.63) is 0 Å². The van der Waals surface area contributed by atoms with Gasteiger partial charge in [-0.05, 0) is 38.9 Å². The molecule has 4 nitrogen and oxygen atoms in total. The van der Waals surface area contributed by atoms with Crippen molar-refractivity contribution in [3.8, 4) is 0 Å². The van der Waals surface area contributed by atoms with E-state index in [2.05, 4.69) is 4.90 Å². The number of hydrogen-bond donors (Lipinski definition) is 1. The molecule has 94 valence electrons. The highest BCUT2D eigenvalue weighted by Gasteiger charge is 2.25. The van der Waals surface area contributed by atoms with Crippen LogP contribution in [0.5, 0.6) is 0 Å². The van der Waals surface area contributed by atoms with Gasteiger partial charge in [-0.3, -0.25) is 0 Å². The van der Waals surface area contributed by atoms with Crippen LogP contribution in [-0.2, 0) is 9.47 Å². The lowest BCUT2D eigenvalue weighted by Crippen LogP contribution is -2.32. The van der Waals surface area contributed by atoms with Gasteiger partial charge >= 0.3 is 0 Å². The van der Waals surface area contributed by atoms with Gasteiger partial charge < -0.3 is 20.1 Å². The predicted molar refractivity (Wildman–Crippen MR) is 63.2 cm³/mol. The van der Waals surface area contributed by atoms with Crippen LogP contribution >= 0.6 is 0 Å². The average molecular weight is 228 g/mol. The Morgan fingerprint density at radius 1 is 1.12 bits per heavy atom. The maximum absolute atomic E-state index is 5.76. The second kappa shape index (κ2) is 6.55. The van der Waals surface area contributed by atoms with Gasteiger partial charge in [0, 0.05) is 13.0 Å². The van der Waals surface area contributed by atoms with E-state index < -0.39 is 0 Å². The molecule has 0 bridgehead atoms. The molecule has 0 aromatic carbocycles. The highest BCUT2D eigenvalue weighted by molar-refractivity contribution is 4.69. The van der Waals surface area contributed by atoms with E-state index in [9.17, 15) is 0 Å². The first-order valence-electron chi connectivity index (χ1n) is 6.58. The average Bonchev–Trinajstić information content (AvgIpc) is 2.76. The molecule has 2 unspecified atom stereocenters. The highest BCUT2D eigenvalue weighted by Crippen LogP contribution is 2.18. The number of piperidine rings is 1. The summed E-state index contributed by atoms with van der Waals surface area (Å²) in [5, 5.41) is 0. The van der Waals surface area contributed by atoms with Crippen molar-refractivity contribution < 1.29 is 9.47 Å². The summed E-state index contributed by atoms with van der Waals surface area (Å²) < 4.78 is 11.4. The van der Waals surface area contributed by atoms with Gasteiger partial charge in [-0.25, -0.2) is 0 Å². The molecule has 0 aromatic rings. The third kappa shape index (κ3) is 3.70. The first kappa shape index (κ1) is 12.3. The Balaban J connectivity index is 1.59. The van der Waals surface area contributed by atoms with Crippen LogP contribution in [0.4, 0.5) is 0 Å². The van der Waals surface area contributed by atoms with E-state index in [1.165, 1.54) is 32.4 Å². The molecule has 0 aliphatic carbocycles. The van der Waals surface area contributed by atoms with Crippen molar-refractivity contribution in [1.29, 1.82) is 0 Å². The molecular formula is C12H24N2O2. The van der Waals surface area contributed by atoms with E-state index in [0.717, 1.165) is 26.0 Å². The van der Waals surface area contributed by atoms with Gasteiger partial charge in [-0.2, -0.15) is 0 Å². The first-order valence-corrected chi connectivity index (χ1v) is 6.58. The van der Waals surface area contributed by atoms with Gasteiger partial charge in [0.2, 0.25) is 0 Å². The summed E-state index contributed by atoms with van der Waals surface area (Å²) in [6, 6.07) is 0. The molecule has 2 atom stereocenters. The second-order valence-electron chi connectivity index (χ2n) is 4.79. The van der Waals surface area contributed by atoms with E-state index in [1.807, 2.05) is 0 Å². The van der Waals surface area contributed by atoms with Gasteiger partial charge in [-0.15, -0.1) is 0 Å². The lowest BCUT2D eigenvalue weighted by Gasteiger charge is -2.27. The fourth-order valence-electron chi connectivity index (χ4n) is 2.47. The molecule has 16 heavy (non-hydrogen) atoms. The second-order valence-corrected chi connectivity index (χ2v) is 4.79. The molecule has 4 heteroatoms. The fraction of sp³-hybridized carbons (Fsp3) is 1.00. The maximum Gasteiger partial charge on any atom is 0.159 e. The van der Waals surface area contributed by atoms with Gasteiger partial charge in [0.1, 0.15) is 0 Å². The molecule has 0 spiro atoms. The minimum atomic E-state index is 0.0125. The molecule has 0 aromatic heterocycles. The monoisotopic (exact) mass is 228 g/mol. The van der Waals surface area contributed by atoms with Crippen molar-refractivity contribution in [2.24, 2.45) is 5.73 Å². The highest BCUT2D eigenvalue weighted by atomic mass is 16.7. The van der Waals surface area contributed by atoms with Crippen molar-refractivity contribution in [1.82, 2.24) is 4.90 Å². The Hall–Kier alpha value is -0.160. The zero-order valence-corrected chi connectivity index (χ0v) is 10.1. The van der Waals surface area contributed by atoms with E-state index in [4.69, 9.17) is 15.2 Å². The quantitative estimate of drug-likeness (QED) is 0.761. The van der Waals surface area contributed by atoms with Gasteiger partial charge in [0.25, 0.3) is 0 Å². The number of hydrogen-bond acceptors (Lipinski definition) is 4. The molecule has 2 fully saturated rings. The van der Waals surface area contributed by atoms with Crippen LogP contribution in [0.2, 0.25) is 0 Å². The van der Waals surface area contributed by atoms with E-state index in [0.29, 0.717) is 6.54 Å². The molecule has 0 amide bonds. The van der Waals surface area contributed by atoms with Crippen LogP contribution < -0.4 is 5.73 Å². The van der Waals surface area contributed by atoms with Crippen molar-refractivity contribution >= 4 is 0 Å². The predicted octanol–water partition coefficient (Wildman–Crippen LogP) is 0.953. The van der Waals surface area contributed by atoms with Crippen LogP contribution in [0.1, 0.15) is 32.1 Å². The topological polar surface area (TPSA) is 47.7 Å². The molecular weight excluding hydrogens is 204 g/mol. The summed E-state index contributed by atoms with van der Waals surface area (Å²) in [4.78, 5) is 2.52.